The average molecular weight is 712 g/mol. The van der Waals surface area contributed by atoms with Crippen molar-refractivity contribution >= 4 is 51.2 Å². The monoisotopic (exact) mass is 710 g/mol. The number of rotatable bonds is 13. The molecule has 11 heteroatoms. The molecule has 1 aliphatic rings. The quantitative estimate of drug-likeness (QED) is 0.109. The predicted molar refractivity (Wildman–Crippen MR) is 182 cm³/mol. The van der Waals surface area contributed by atoms with Crippen molar-refractivity contribution in [2.75, 3.05) is 18.5 Å². The summed E-state index contributed by atoms with van der Waals surface area (Å²) >= 11 is 11.6. The normalized spacial score (nSPS) is 14.2. The van der Waals surface area contributed by atoms with Gasteiger partial charge in [-0.3, -0.25) is 0 Å². The van der Waals surface area contributed by atoms with Crippen LogP contribution in [-0.4, -0.2) is 33.9 Å². The number of fused-ring (bicyclic) bond motifs is 1. The molecule has 1 unspecified atom stereocenters. The summed E-state index contributed by atoms with van der Waals surface area (Å²) in [4.78, 5) is 18.6. The van der Waals surface area contributed by atoms with Crippen LogP contribution in [0.15, 0.2) is 87.6 Å². The van der Waals surface area contributed by atoms with Crippen molar-refractivity contribution in [3.8, 4) is 11.5 Å². The summed E-state index contributed by atoms with van der Waals surface area (Å²) in [5.41, 5.74) is 3.70. The Hall–Kier alpha value is -3.47. The predicted octanol–water partition coefficient (Wildman–Crippen LogP) is 8.84. The van der Waals surface area contributed by atoms with Gasteiger partial charge < -0.3 is 19.5 Å². The Kier molecular flexibility index (Phi) is 11.1. The molecule has 0 aliphatic carbocycles. The number of anilines is 1. The SMILES string of the molecule is CCOc1cc(C2C(C(=O)OCc3ccccc3)=C(C)Nc3nc(SCc4ccccc4Cl)nn32)cc(Br)c1OCCC(C)C. The van der Waals surface area contributed by atoms with E-state index in [1.165, 1.54) is 11.8 Å². The molecule has 1 aliphatic heterocycles. The number of thioether (sulfide) groups is 1. The van der Waals surface area contributed by atoms with Gasteiger partial charge in [0.15, 0.2) is 11.5 Å². The van der Waals surface area contributed by atoms with Crippen LogP contribution in [0, 0.1) is 5.92 Å². The number of nitrogens with one attached hydrogen (secondary N) is 1. The Morgan fingerprint density at radius 3 is 2.60 bits per heavy atom. The summed E-state index contributed by atoms with van der Waals surface area (Å²) in [7, 11) is 0. The highest BCUT2D eigenvalue weighted by Gasteiger charge is 2.36. The van der Waals surface area contributed by atoms with Crippen molar-refractivity contribution in [2.45, 2.75) is 57.7 Å². The van der Waals surface area contributed by atoms with Gasteiger partial charge in [0.05, 0.1) is 23.3 Å². The van der Waals surface area contributed by atoms with E-state index in [1.54, 1.807) is 4.68 Å². The van der Waals surface area contributed by atoms with Gasteiger partial charge in [-0.15, -0.1) is 5.10 Å². The lowest BCUT2D eigenvalue weighted by Gasteiger charge is -2.29. The second-order valence-electron chi connectivity index (χ2n) is 11.0. The second-order valence-corrected chi connectivity index (χ2v) is 13.2. The molecule has 1 N–H and O–H groups in total. The van der Waals surface area contributed by atoms with E-state index < -0.39 is 12.0 Å². The van der Waals surface area contributed by atoms with E-state index in [2.05, 4.69) is 35.1 Å². The van der Waals surface area contributed by atoms with Gasteiger partial charge in [0, 0.05) is 16.5 Å². The highest BCUT2D eigenvalue weighted by molar-refractivity contribution is 9.10. The minimum Gasteiger partial charge on any atom is -0.490 e. The Labute approximate surface area is 281 Å². The molecule has 0 bridgehead atoms. The fourth-order valence-corrected chi connectivity index (χ4v) is 6.56. The highest BCUT2D eigenvalue weighted by Crippen LogP contribution is 2.44. The molecule has 0 fully saturated rings. The summed E-state index contributed by atoms with van der Waals surface area (Å²) in [5.74, 6) is 2.36. The first-order chi connectivity index (χ1) is 21.7. The van der Waals surface area contributed by atoms with Crippen molar-refractivity contribution in [1.82, 2.24) is 14.8 Å². The number of hydrogen-bond acceptors (Lipinski definition) is 8. The molecule has 45 heavy (non-hydrogen) atoms. The molecule has 3 aromatic carbocycles. The second kappa shape index (κ2) is 15.2. The van der Waals surface area contributed by atoms with Gasteiger partial charge in [-0.25, -0.2) is 9.48 Å². The lowest BCUT2D eigenvalue weighted by Crippen LogP contribution is -2.29. The zero-order valence-corrected chi connectivity index (χ0v) is 28.8. The van der Waals surface area contributed by atoms with Gasteiger partial charge >= 0.3 is 5.97 Å². The number of esters is 1. The van der Waals surface area contributed by atoms with Crippen LogP contribution in [0.4, 0.5) is 5.95 Å². The molecule has 1 atom stereocenters. The summed E-state index contributed by atoms with van der Waals surface area (Å²) in [6, 6.07) is 20.5. The number of ether oxygens (including phenoxy) is 3. The summed E-state index contributed by atoms with van der Waals surface area (Å²) in [6.07, 6.45) is 0.907. The van der Waals surface area contributed by atoms with E-state index in [1.807, 2.05) is 80.6 Å². The smallest absolute Gasteiger partial charge is 0.338 e. The maximum atomic E-state index is 13.8. The third-order valence-corrected chi connectivity index (χ3v) is 9.01. The maximum absolute atomic E-state index is 13.8. The summed E-state index contributed by atoms with van der Waals surface area (Å²) < 4.78 is 20.5. The average Bonchev–Trinajstić information content (AvgIpc) is 3.42. The Morgan fingerprint density at radius 1 is 1.11 bits per heavy atom. The van der Waals surface area contributed by atoms with Gasteiger partial charge in [0.1, 0.15) is 12.6 Å². The number of carbonyl (C=O) groups is 1. The number of benzene rings is 3. The number of allylic oxidation sites excluding steroid dienone is 1. The molecule has 2 heterocycles. The first-order valence-corrected chi connectivity index (χ1v) is 17.0. The molecule has 0 saturated heterocycles. The fourth-order valence-electron chi connectivity index (χ4n) is 4.87. The summed E-state index contributed by atoms with van der Waals surface area (Å²) in [5, 5.41) is 9.39. The summed E-state index contributed by atoms with van der Waals surface area (Å²) in [6.45, 7) is 9.24. The third-order valence-electron chi connectivity index (χ3n) is 7.17. The highest BCUT2D eigenvalue weighted by atomic mass is 79.9. The van der Waals surface area contributed by atoms with Gasteiger partial charge in [-0.2, -0.15) is 4.98 Å². The van der Waals surface area contributed by atoms with E-state index in [9.17, 15) is 4.79 Å². The molecule has 0 spiro atoms. The minimum absolute atomic E-state index is 0.142. The zero-order valence-electron chi connectivity index (χ0n) is 25.7. The van der Waals surface area contributed by atoms with E-state index in [0.29, 0.717) is 63.8 Å². The van der Waals surface area contributed by atoms with Crippen LogP contribution in [0.25, 0.3) is 0 Å². The Morgan fingerprint density at radius 2 is 1.87 bits per heavy atom. The first-order valence-electron chi connectivity index (χ1n) is 14.9. The van der Waals surface area contributed by atoms with Crippen LogP contribution in [0.3, 0.4) is 0 Å². The van der Waals surface area contributed by atoms with Crippen LogP contribution in [0.5, 0.6) is 11.5 Å². The minimum atomic E-state index is -0.646. The standard InChI is InChI=1S/C34H36BrClN4O4S/c1-5-42-28-18-25(17-26(35)31(28)43-16-15-21(2)3)30-29(32(41)44-19-23-11-7-6-8-12-23)22(4)37-33-38-34(39-40(30)33)45-20-24-13-9-10-14-27(24)36/h6-14,17-18,21,30H,5,15-16,19-20H2,1-4H3,(H,37,38,39). The van der Waals surface area contributed by atoms with Gasteiger partial charge in [0.25, 0.3) is 0 Å². The number of aromatic nitrogens is 3. The largest absolute Gasteiger partial charge is 0.490 e. The van der Waals surface area contributed by atoms with Crippen molar-refractivity contribution in [3.63, 3.8) is 0 Å². The van der Waals surface area contributed by atoms with Crippen molar-refractivity contribution < 1.29 is 19.0 Å². The van der Waals surface area contributed by atoms with Gasteiger partial charge in [0.2, 0.25) is 11.1 Å². The van der Waals surface area contributed by atoms with Crippen molar-refractivity contribution in [1.29, 1.82) is 0 Å². The number of nitrogens with zero attached hydrogens (tertiary/aromatic N) is 3. The topological polar surface area (TPSA) is 87.5 Å². The molecule has 0 saturated carbocycles. The van der Waals surface area contributed by atoms with Crippen LogP contribution < -0.4 is 14.8 Å². The molecular formula is C34H36BrClN4O4S. The molecule has 1 aromatic heterocycles. The van der Waals surface area contributed by atoms with Crippen LogP contribution in [0.1, 0.15) is 56.8 Å². The molecular weight excluding hydrogens is 676 g/mol. The fraction of sp³-hybridized carbons (Fsp3) is 0.324. The molecule has 0 radical (unpaired) electrons. The number of hydrogen-bond donors (Lipinski definition) is 1. The molecule has 5 rings (SSSR count). The van der Waals surface area contributed by atoms with Crippen LogP contribution in [0.2, 0.25) is 5.02 Å². The lowest BCUT2D eigenvalue weighted by atomic mass is 9.95. The zero-order chi connectivity index (χ0) is 31.9. The van der Waals surface area contributed by atoms with Gasteiger partial charge in [-0.05, 0) is 77.0 Å². The van der Waals surface area contributed by atoms with Gasteiger partial charge in [-0.1, -0.05) is 85.7 Å². The van der Waals surface area contributed by atoms with Crippen LogP contribution in [-0.2, 0) is 21.9 Å². The van der Waals surface area contributed by atoms with Crippen molar-refractivity contribution in [2.24, 2.45) is 5.92 Å². The number of carbonyl (C=O) groups excluding carboxylic acids is 1. The van der Waals surface area contributed by atoms with Crippen molar-refractivity contribution in [3.05, 3.63) is 104 Å². The maximum Gasteiger partial charge on any atom is 0.338 e. The van der Waals surface area contributed by atoms with E-state index in [4.69, 9.17) is 35.9 Å². The lowest BCUT2D eigenvalue weighted by molar-refractivity contribution is -0.140. The van der Waals surface area contributed by atoms with E-state index in [0.717, 1.165) is 27.6 Å². The molecule has 8 nitrogen and oxygen atoms in total. The van der Waals surface area contributed by atoms with E-state index >= 15 is 0 Å². The van der Waals surface area contributed by atoms with E-state index in [-0.39, 0.29) is 6.61 Å². The van der Waals surface area contributed by atoms with Crippen LogP contribution >= 0.6 is 39.3 Å². The Bertz CT molecular complexity index is 1680. The first kappa shape index (κ1) is 32.9. The molecule has 0 amide bonds. The Balaban J connectivity index is 1.52. The number of halogens is 2. The molecule has 4 aromatic rings. The third kappa shape index (κ3) is 8.04. The molecule has 236 valence electrons.